The van der Waals surface area contributed by atoms with Crippen LogP contribution in [-0.4, -0.2) is 18.1 Å². The van der Waals surface area contributed by atoms with Gasteiger partial charge in [-0.2, -0.15) is 0 Å². The average Bonchev–Trinajstić information content (AvgIpc) is 2.78. The van der Waals surface area contributed by atoms with E-state index in [1.54, 1.807) is 0 Å². The lowest BCUT2D eigenvalue weighted by Gasteiger charge is -2.17. The number of hydrogen-bond donors (Lipinski definition) is 1. The van der Waals surface area contributed by atoms with Gasteiger partial charge in [0.25, 0.3) is 0 Å². The van der Waals surface area contributed by atoms with Crippen LogP contribution in [0.15, 0.2) is 40.8 Å². The molecular formula is C15H18N2O2. The molecule has 0 fully saturated rings. The molecule has 0 atom stereocenters. The van der Waals surface area contributed by atoms with Crippen LogP contribution < -0.4 is 10.5 Å². The van der Waals surface area contributed by atoms with E-state index in [1.165, 1.54) is 5.56 Å². The van der Waals surface area contributed by atoms with Crippen molar-refractivity contribution in [2.45, 2.75) is 19.6 Å². The highest BCUT2D eigenvalue weighted by atomic mass is 16.5. The molecule has 0 bridgehead atoms. The number of para-hydroxylation sites is 1. The Labute approximate surface area is 112 Å². The first-order valence-corrected chi connectivity index (χ1v) is 6.56. The van der Waals surface area contributed by atoms with Gasteiger partial charge in [-0.05, 0) is 18.2 Å². The Hall–Kier alpha value is -1.78. The van der Waals surface area contributed by atoms with Gasteiger partial charge in [-0.15, -0.1) is 0 Å². The zero-order valence-electron chi connectivity index (χ0n) is 10.8. The Bertz CT molecular complexity index is 551. The SMILES string of the molecule is NCc1ccc(CN2CCOc3ccccc3C2)o1. The molecule has 0 saturated carbocycles. The second-order valence-electron chi connectivity index (χ2n) is 4.74. The predicted octanol–water partition coefficient (Wildman–Crippen LogP) is 2.13. The smallest absolute Gasteiger partial charge is 0.123 e. The van der Waals surface area contributed by atoms with Crippen molar-refractivity contribution in [2.75, 3.05) is 13.2 Å². The minimum atomic E-state index is 0.450. The van der Waals surface area contributed by atoms with E-state index >= 15 is 0 Å². The zero-order valence-corrected chi connectivity index (χ0v) is 10.8. The topological polar surface area (TPSA) is 51.6 Å². The molecule has 3 rings (SSSR count). The number of nitrogens with zero attached hydrogens (tertiary/aromatic N) is 1. The first-order chi connectivity index (χ1) is 9.35. The molecule has 1 aromatic carbocycles. The van der Waals surface area contributed by atoms with Crippen LogP contribution in [0.4, 0.5) is 0 Å². The van der Waals surface area contributed by atoms with Gasteiger partial charge in [-0.3, -0.25) is 4.90 Å². The molecular weight excluding hydrogens is 240 g/mol. The van der Waals surface area contributed by atoms with Crippen molar-refractivity contribution in [1.29, 1.82) is 0 Å². The number of benzene rings is 1. The van der Waals surface area contributed by atoms with E-state index in [-0.39, 0.29) is 0 Å². The van der Waals surface area contributed by atoms with Crippen LogP contribution in [0, 0.1) is 0 Å². The van der Waals surface area contributed by atoms with Gasteiger partial charge in [0.15, 0.2) is 0 Å². The maximum atomic E-state index is 5.75. The summed E-state index contributed by atoms with van der Waals surface area (Å²) in [7, 11) is 0. The fourth-order valence-corrected chi connectivity index (χ4v) is 2.35. The molecule has 100 valence electrons. The monoisotopic (exact) mass is 258 g/mol. The molecule has 1 aromatic heterocycles. The molecule has 0 saturated heterocycles. The fraction of sp³-hybridized carbons (Fsp3) is 0.333. The van der Waals surface area contributed by atoms with Crippen molar-refractivity contribution in [1.82, 2.24) is 4.90 Å². The second kappa shape index (κ2) is 5.47. The van der Waals surface area contributed by atoms with Gasteiger partial charge in [-0.25, -0.2) is 0 Å². The van der Waals surface area contributed by atoms with Crippen molar-refractivity contribution in [3.05, 3.63) is 53.5 Å². The first-order valence-electron chi connectivity index (χ1n) is 6.56. The standard InChI is InChI=1S/C15H18N2O2/c16-9-13-5-6-14(19-13)11-17-7-8-18-15-4-2-1-3-12(15)10-17/h1-6H,7-11,16H2. The fourth-order valence-electron chi connectivity index (χ4n) is 2.35. The molecule has 0 amide bonds. The molecule has 2 aromatic rings. The predicted molar refractivity (Wildman–Crippen MR) is 72.7 cm³/mol. The lowest BCUT2D eigenvalue weighted by atomic mass is 10.2. The van der Waals surface area contributed by atoms with Crippen LogP contribution in [-0.2, 0) is 19.6 Å². The lowest BCUT2D eigenvalue weighted by molar-refractivity contribution is 0.205. The summed E-state index contributed by atoms with van der Waals surface area (Å²) in [6.07, 6.45) is 0. The van der Waals surface area contributed by atoms with Gasteiger partial charge in [0.2, 0.25) is 0 Å². The summed E-state index contributed by atoms with van der Waals surface area (Å²) in [6.45, 7) is 3.73. The highest BCUT2D eigenvalue weighted by molar-refractivity contribution is 5.33. The van der Waals surface area contributed by atoms with E-state index in [4.69, 9.17) is 14.9 Å². The Morgan fingerprint density at radius 2 is 1.95 bits per heavy atom. The first kappa shape index (κ1) is 12.3. The molecule has 2 N–H and O–H groups in total. The van der Waals surface area contributed by atoms with Crippen molar-refractivity contribution in [3.63, 3.8) is 0 Å². The summed E-state index contributed by atoms with van der Waals surface area (Å²) >= 11 is 0. The molecule has 19 heavy (non-hydrogen) atoms. The molecule has 4 heteroatoms. The van der Waals surface area contributed by atoms with E-state index in [0.717, 1.165) is 36.9 Å². The van der Waals surface area contributed by atoms with Gasteiger partial charge in [0.05, 0.1) is 13.1 Å². The van der Waals surface area contributed by atoms with E-state index in [2.05, 4.69) is 11.0 Å². The van der Waals surface area contributed by atoms with E-state index in [9.17, 15) is 0 Å². The summed E-state index contributed by atoms with van der Waals surface area (Å²) < 4.78 is 11.4. The number of rotatable bonds is 3. The van der Waals surface area contributed by atoms with E-state index in [1.807, 2.05) is 30.3 Å². The quantitative estimate of drug-likeness (QED) is 0.916. The van der Waals surface area contributed by atoms with Gasteiger partial charge < -0.3 is 14.9 Å². The van der Waals surface area contributed by atoms with Gasteiger partial charge in [0, 0.05) is 18.7 Å². The van der Waals surface area contributed by atoms with Crippen LogP contribution in [0.2, 0.25) is 0 Å². The molecule has 0 radical (unpaired) electrons. The average molecular weight is 258 g/mol. The maximum absolute atomic E-state index is 5.75. The number of nitrogens with two attached hydrogens (primary N) is 1. The molecule has 0 unspecified atom stereocenters. The van der Waals surface area contributed by atoms with Crippen molar-refractivity contribution in [2.24, 2.45) is 5.73 Å². The minimum Gasteiger partial charge on any atom is -0.492 e. The van der Waals surface area contributed by atoms with Gasteiger partial charge >= 0.3 is 0 Å². The highest BCUT2D eigenvalue weighted by Gasteiger charge is 2.16. The van der Waals surface area contributed by atoms with Crippen LogP contribution in [0.3, 0.4) is 0 Å². The summed E-state index contributed by atoms with van der Waals surface area (Å²) in [5.74, 6) is 2.79. The van der Waals surface area contributed by atoms with E-state index in [0.29, 0.717) is 13.2 Å². The molecule has 2 heterocycles. The van der Waals surface area contributed by atoms with Crippen LogP contribution >= 0.6 is 0 Å². The maximum Gasteiger partial charge on any atom is 0.123 e. The summed E-state index contributed by atoms with van der Waals surface area (Å²) in [5, 5.41) is 0. The highest BCUT2D eigenvalue weighted by Crippen LogP contribution is 2.23. The van der Waals surface area contributed by atoms with Crippen molar-refractivity contribution < 1.29 is 9.15 Å². The molecule has 1 aliphatic rings. The van der Waals surface area contributed by atoms with Crippen molar-refractivity contribution in [3.8, 4) is 5.75 Å². The van der Waals surface area contributed by atoms with Gasteiger partial charge in [-0.1, -0.05) is 18.2 Å². The Morgan fingerprint density at radius 1 is 1.11 bits per heavy atom. The van der Waals surface area contributed by atoms with E-state index < -0.39 is 0 Å². The summed E-state index contributed by atoms with van der Waals surface area (Å²) in [6, 6.07) is 12.1. The second-order valence-corrected chi connectivity index (χ2v) is 4.74. The summed E-state index contributed by atoms with van der Waals surface area (Å²) in [5.41, 5.74) is 6.78. The molecule has 0 spiro atoms. The summed E-state index contributed by atoms with van der Waals surface area (Å²) in [4.78, 5) is 2.32. The zero-order chi connectivity index (χ0) is 13.1. The number of fused-ring (bicyclic) bond motifs is 1. The molecule has 1 aliphatic heterocycles. The largest absolute Gasteiger partial charge is 0.492 e. The Morgan fingerprint density at radius 3 is 2.79 bits per heavy atom. The third-order valence-corrected chi connectivity index (χ3v) is 3.33. The Kier molecular flexibility index (Phi) is 3.53. The lowest BCUT2D eigenvalue weighted by Crippen LogP contribution is -2.25. The van der Waals surface area contributed by atoms with Crippen LogP contribution in [0.5, 0.6) is 5.75 Å². The normalized spacial score (nSPS) is 15.6. The van der Waals surface area contributed by atoms with Crippen LogP contribution in [0.1, 0.15) is 17.1 Å². The third-order valence-electron chi connectivity index (χ3n) is 3.33. The third kappa shape index (κ3) is 2.80. The minimum absolute atomic E-state index is 0.450. The number of hydrogen-bond acceptors (Lipinski definition) is 4. The van der Waals surface area contributed by atoms with Crippen LogP contribution in [0.25, 0.3) is 0 Å². The number of ether oxygens (including phenoxy) is 1. The molecule has 0 aliphatic carbocycles. The molecule has 4 nitrogen and oxygen atoms in total. The van der Waals surface area contributed by atoms with Crippen molar-refractivity contribution >= 4 is 0 Å². The number of furan rings is 1. The van der Waals surface area contributed by atoms with Gasteiger partial charge in [0.1, 0.15) is 23.9 Å². The Balaban J connectivity index is 1.72.